The molecular formula is C21H20ClN3O2. The predicted octanol–water partition coefficient (Wildman–Crippen LogP) is 3.85. The summed E-state index contributed by atoms with van der Waals surface area (Å²) in [5.41, 5.74) is 3.04. The summed E-state index contributed by atoms with van der Waals surface area (Å²) in [7, 11) is 0. The molecule has 27 heavy (non-hydrogen) atoms. The molecule has 3 aromatic rings. The Hall–Kier alpha value is -2.55. The van der Waals surface area contributed by atoms with Gasteiger partial charge in [-0.2, -0.15) is 5.26 Å². The van der Waals surface area contributed by atoms with E-state index in [-0.39, 0.29) is 17.8 Å². The first-order valence-electron chi connectivity index (χ1n) is 9.14. The van der Waals surface area contributed by atoms with Gasteiger partial charge in [-0.05, 0) is 61.6 Å². The van der Waals surface area contributed by atoms with Crippen molar-refractivity contribution in [1.29, 1.82) is 5.26 Å². The highest BCUT2D eigenvalue weighted by atomic mass is 35.5. The number of fused-ring (bicyclic) bond motifs is 1. The van der Waals surface area contributed by atoms with Gasteiger partial charge in [-0.15, -0.1) is 0 Å². The molecule has 5 nitrogen and oxygen atoms in total. The molecule has 1 fully saturated rings. The molecule has 2 aromatic carbocycles. The molecule has 0 saturated heterocycles. The number of hydrogen-bond acceptors (Lipinski definition) is 3. The van der Waals surface area contributed by atoms with E-state index in [0.717, 1.165) is 29.4 Å². The lowest BCUT2D eigenvalue weighted by Gasteiger charge is -2.26. The van der Waals surface area contributed by atoms with Crippen molar-refractivity contribution >= 4 is 22.6 Å². The molecule has 0 amide bonds. The summed E-state index contributed by atoms with van der Waals surface area (Å²) in [5.74, 6) is 0. The Labute approximate surface area is 162 Å². The molecule has 0 aliphatic heterocycles. The van der Waals surface area contributed by atoms with Crippen LogP contribution in [0.4, 0.5) is 0 Å². The molecule has 1 heterocycles. The van der Waals surface area contributed by atoms with E-state index in [2.05, 4.69) is 6.07 Å². The number of imidazole rings is 1. The largest absolute Gasteiger partial charge is 0.393 e. The topological polar surface area (TPSA) is 71.0 Å². The maximum absolute atomic E-state index is 13.3. The van der Waals surface area contributed by atoms with Crippen LogP contribution in [0, 0.1) is 11.3 Å². The molecule has 4 rings (SSSR count). The van der Waals surface area contributed by atoms with Gasteiger partial charge in [0.25, 0.3) is 0 Å². The normalized spacial score (nSPS) is 19.9. The maximum atomic E-state index is 13.3. The number of rotatable bonds is 3. The fraction of sp³-hybridized carbons (Fsp3) is 0.333. The average Bonchev–Trinajstić information content (AvgIpc) is 2.95. The second kappa shape index (κ2) is 7.22. The molecule has 1 aliphatic rings. The van der Waals surface area contributed by atoms with Gasteiger partial charge in [-0.25, -0.2) is 4.79 Å². The van der Waals surface area contributed by atoms with Gasteiger partial charge in [0.2, 0.25) is 0 Å². The minimum atomic E-state index is -0.274. The van der Waals surface area contributed by atoms with E-state index in [1.807, 2.05) is 34.9 Å². The molecule has 0 atom stereocenters. The number of aromatic nitrogens is 2. The van der Waals surface area contributed by atoms with Crippen LogP contribution in [0.5, 0.6) is 0 Å². The van der Waals surface area contributed by atoms with Crippen molar-refractivity contribution in [2.45, 2.75) is 44.4 Å². The van der Waals surface area contributed by atoms with Crippen LogP contribution in [0.1, 0.15) is 42.9 Å². The zero-order valence-corrected chi connectivity index (χ0v) is 15.6. The third-order valence-electron chi connectivity index (χ3n) is 5.38. The van der Waals surface area contributed by atoms with Crippen molar-refractivity contribution in [3.8, 4) is 6.07 Å². The number of aliphatic hydroxyl groups excluding tert-OH is 1. The van der Waals surface area contributed by atoms with Gasteiger partial charge in [-0.1, -0.05) is 23.7 Å². The Morgan fingerprint density at radius 1 is 1.07 bits per heavy atom. The van der Waals surface area contributed by atoms with Crippen molar-refractivity contribution in [2.24, 2.45) is 0 Å². The lowest BCUT2D eigenvalue weighted by molar-refractivity contribution is 0.110. The summed E-state index contributed by atoms with van der Waals surface area (Å²) in [5, 5.41) is 19.7. The maximum Gasteiger partial charge on any atom is 0.329 e. The van der Waals surface area contributed by atoms with Crippen molar-refractivity contribution in [1.82, 2.24) is 9.13 Å². The van der Waals surface area contributed by atoms with Gasteiger partial charge in [-0.3, -0.25) is 9.13 Å². The first-order chi connectivity index (χ1) is 13.1. The van der Waals surface area contributed by atoms with E-state index in [4.69, 9.17) is 11.6 Å². The second-order valence-electron chi connectivity index (χ2n) is 7.14. The first kappa shape index (κ1) is 17.8. The van der Waals surface area contributed by atoms with Crippen LogP contribution in [0.3, 0.4) is 0 Å². The lowest BCUT2D eigenvalue weighted by atomic mass is 9.93. The van der Waals surface area contributed by atoms with Crippen LogP contribution in [-0.2, 0) is 6.54 Å². The zero-order valence-electron chi connectivity index (χ0n) is 14.8. The van der Waals surface area contributed by atoms with Crippen LogP contribution < -0.4 is 5.69 Å². The number of halogens is 1. The standard InChI is InChI=1S/C21H20ClN3O2/c22-16-4-1-14(2-5-16)13-24-20-11-15(12-23)3-10-19(20)25(21(24)27)17-6-8-18(26)9-7-17/h1-5,10-11,17-18,26H,6-9,13H2/t17-,18-. The minimum absolute atomic E-state index is 0.0720. The number of nitrogens with zero attached hydrogens (tertiary/aromatic N) is 3. The summed E-state index contributed by atoms with van der Waals surface area (Å²) in [6, 6.07) is 15.1. The molecular weight excluding hydrogens is 362 g/mol. The van der Waals surface area contributed by atoms with Crippen LogP contribution in [0.15, 0.2) is 47.3 Å². The Balaban J connectivity index is 1.84. The summed E-state index contributed by atoms with van der Waals surface area (Å²) in [4.78, 5) is 13.3. The number of benzene rings is 2. The van der Waals surface area contributed by atoms with E-state index in [1.54, 1.807) is 16.7 Å². The molecule has 1 N–H and O–H groups in total. The van der Waals surface area contributed by atoms with E-state index in [0.29, 0.717) is 30.0 Å². The Kier molecular flexibility index (Phi) is 4.77. The van der Waals surface area contributed by atoms with Gasteiger partial charge in [0.05, 0.1) is 35.3 Å². The van der Waals surface area contributed by atoms with Gasteiger partial charge >= 0.3 is 5.69 Å². The summed E-state index contributed by atoms with van der Waals surface area (Å²) >= 11 is 5.97. The van der Waals surface area contributed by atoms with Crippen LogP contribution in [-0.4, -0.2) is 20.3 Å². The quantitative estimate of drug-likeness (QED) is 0.749. The van der Waals surface area contributed by atoms with Gasteiger partial charge in [0.1, 0.15) is 0 Å². The first-order valence-corrected chi connectivity index (χ1v) is 9.52. The highest BCUT2D eigenvalue weighted by Gasteiger charge is 2.25. The van der Waals surface area contributed by atoms with E-state index < -0.39 is 0 Å². The van der Waals surface area contributed by atoms with E-state index >= 15 is 0 Å². The van der Waals surface area contributed by atoms with Crippen LogP contribution in [0.25, 0.3) is 11.0 Å². The molecule has 0 radical (unpaired) electrons. The third-order valence-corrected chi connectivity index (χ3v) is 5.63. The second-order valence-corrected chi connectivity index (χ2v) is 7.58. The van der Waals surface area contributed by atoms with Gasteiger partial charge in [0.15, 0.2) is 0 Å². The van der Waals surface area contributed by atoms with Crippen LogP contribution in [0.2, 0.25) is 5.02 Å². The number of aliphatic hydroxyl groups is 1. The molecule has 1 aromatic heterocycles. The molecule has 0 unspecified atom stereocenters. The smallest absolute Gasteiger partial charge is 0.329 e. The van der Waals surface area contributed by atoms with E-state index in [1.165, 1.54) is 0 Å². The number of hydrogen-bond donors (Lipinski definition) is 1. The highest BCUT2D eigenvalue weighted by molar-refractivity contribution is 6.30. The molecule has 1 aliphatic carbocycles. The monoisotopic (exact) mass is 381 g/mol. The zero-order chi connectivity index (χ0) is 19.0. The van der Waals surface area contributed by atoms with Crippen molar-refractivity contribution in [2.75, 3.05) is 0 Å². The lowest BCUT2D eigenvalue weighted by Crippen LogP contribution is -2.31. The van der Waals surface area contributed by atoms with Gasteiger partial charge < -0.3 is 5.11 Å². The van der Waals surface area contributed by atoms with Crippen molar-refractivity contribution in [3.63, 3.8) is 0 Å². The van der Waals surface area contributed by atoms with Crippen LogP contribution >= 0.6 is 11.6 Å². The molecule has 1 saturated carbocycles. The average molecular weight is 382 g/mol. The fourth-order valence-electron chi connectivity index (χ4n) is 3.94. The minimum Gasteiger partial charge on any atom is -0.393 e. The fourth-order valence-corrected chi connectivity index (χ4v) is 4.07. The van der Waals surface area contributed by atoms with Crippen molar-refractivity contribution in [3.05, 3.63) is 69.1 Å². The summed E-state index contributed by atoms with van der Waals surface area (Å²) < 4.78 is 3.57. The molecule has 0 bridgehead atoms. The number of nitriles is 1. The molecule has 138 valence electrons. The Bertz CT molecular complexity index is 1070. The predicted molar refractivity (Wildman–Crippen MR) is 105 cm³/mol. The SMILES string of the molecule is N#Cc1ccc2c(c1)n(Cc1ccc(Cl)cc1)c(=O)n2[C@H]1CC[C@H](O)CC1. The Morgan fingerprint density at radius 2 is 1.78 bits per heavy atom. The van der Waals surface area contributed by atoms with E-state index in [9.17, 15) is 15.2 Å². The van der Waals surface area contributed by atoms with Gasteiger partial charge in [0, 0.05) is 11.1 Å². The summed E-state index contributed by atoms with van der Waals surface area (Å²) in [6.45, 7) is 0.420. The molecule has 0 spiro atoms. The Morgan fingerprint density at radius 3 is 2.44 bits per heavy atom. The third kappa shape index (κ3) is 3.39. The molecule has 6 heteroatoms. The summed E-state index contributed by atoms with van der Waals surface area (Å²) in [6.07, 6.45) is 2.70. The highest BCUT2D eigenvalue weighted by Crippen LogP contribution is 2.30. The van der Waals surface area contributed by atoms with Crippen molar-refractivity contribution < 1.29 is 5.11 Å².